The van der Waals surface area contributed by atoms with Gasteiger partial charge in [0, 0.05) is 11.8 Å². The molecule has 2 saturated carbocycles. The number of hydrogen-bond donors (Lipinski definition) is 0. The number of hydrogen-bond acceptors (Lipinski definition) is 1. The minimum Gasteiger partial charge on any atom is -0.381 e. The van der Waals surface area contributed by atoms with Gasteiger partial charge in [0.25, 0.3) is 0 Å². The fraction of sp³-hybridized carbons (Fsp3) is 1.00. The van der Waals surface area contributed by atoms with E-state index in [1.54, 1.807) is 0 Å². The van der Waals surface area contributed by atoms with E-state index in [1.807, 2.05) is 0 Å². The maximum atomic E-state index is 5.83. The number of alkyl halides is 4. The van der Waals surface area contributed by atoms with Gasteiger partial charge in [0.05, 0.1) is 13.2 Å². The molecule has 0 aromatic carbocycles. The molecular formula is C8H10Cl4O. The Kier molecular flexibility index (Phi) is 2.71. The molecule has 0 aliphatic heterocycles. The molecule has 2 aliphatic carbocycles. The average Bonchev–Trinajstić information content (AvgIpc) is 2.75. The first-order valence-corrected chi connectivity index (χ1v) is 5.76. The van der Waals surface area contributed by atoms with Crippen LogP contribution in [0.5, 0.6) is 0 Å². The summed E-state index contributed by atoms with van der Waals surface area (Å²) >= 11 is 23.3. The summed E-state index contributed by atoms with van der Waals surface area (Å²) < 4.78 is 4.34. The van der Waals surface area contributed by atoms with Gasteiger partial charge in [-0.05, 0) is 12.8 Å². The van der Waals surface area contributed by atoms with Crippen molar-refractivity contribution in [1.29, 1.82) is 0 Å². The van der Waals surface area contributed by atoms with E-state index in [1.165, 1.54) is 0 Å². The SMILES string of the molecule is ClC1(Cl)CC1COCC1CC1(Cl)Cl. The molecule has 0 amide bonds. The summed E-state index contributed by atoms with van der Waals surface area (Å²) in [6.45, 7) is 1.24. The van der Waals surface area contributed by atoms with Crippen molar-refractivity contribution in [3.63, 3.8) is 0 Å². The summed E-state index contributed by atoms with van der Waals surface area (Å²) in [5, 5.41) is 0. The first-order chi connectivity index (χ1) is 5.92. The molecule has 2 fully saturated rings. The quantitative estimate of drug-likeness (QED) is 0.707. The third kappa shape index (κ3) is 2.57. The van der Waals surface area contributed by atoms with Crippen molar-refractivity contribution in [1.82, 2.24) is 0 Å². The van der Waals surface area contributed by atoms with Crippen molar-refractivity contribution in [3.8, 4) is 0 Å². The first-order valence-electron chi connectivity index (χ1n) is 4.25. The topological polar surface area (TPSA) is 9.23 Å². The van der Waals surface area contributed by atoms with Gasteiger partial charge in [-0.3, -0.25) is 0 Å². The Balaban J connectivity index is 1.56. The Labute approximate surface area is 97.6 Å². The third-order valence-electron chi connectivity index (χ3n) is 2.55. The predicted octanol–water partition coefficient (Wildman–Crippen LogP) is 3.39. The number of rotatable bonds is 4. The standard InChI is InChI=1S/C8H10Cl4O/c9-7(10)1-5(7)3-13-4-6-2-8(6,11)12/h5-6H,1-4H2. The lowest BCUT2D eigenvalue weighted by Crippen LogP contribution is -2.06. The molecule has 0 aromatic rings. The van der Waals surface area contributed by atoms with Crippen LogP contribution in [0.3, 0.4) is 0 Å². The van der Waals surface area contributed by atoms with Crippen LogP contribution in [0.15, 0.2) is 0 Å². The second kappa shape index (κ2) is 3.31. The van der Waals surface area contributed by atoms with Gasteiger partial charge in [0.2, 0.25) is 0 Å². The summed E-state index contributed by atoms with van der Waals surface area (Å²) in [4.78, 5) is 0. The van der Waals surface area contributed by atoms with Crippen LogP contribution in [0, 0.1) is 11.8 Å². The molecule has 0 saturated heterocycles. The number of halogens is 4. The van der Waals surface area contributed by atoms with Crippen LogP contribution in [0.25, 0.3) is 0 Å². The molecule has 0 radical (unpaired) electrons. The van der Waals surface area contributed by atoms with Crippen molar-refractivity contribution in [2.24, 2.45) is 11.8 Å². The van der Waals surface area contributed by atoms with Crippen LogP contribution in [-0.2, 0) is 4.74 Å². The monoisotopic (exact) mass is 262 g/mol. The smallest absolute Gasteiger partial charge is 0.123 e. The van der Waals surface area contributed by atoms with Crippen LogP contribution in [0.4, 0.5) is 0 Å². The normalized spacial score (nSPS) is 38.8. The minimum absolute atomic E-state index is 0.287. The maximum Gasteiger partial charge on any atom is 0.123 e. The van der Waals surface area contributed by atoms with Crippen LogP contribution in [0.2, 0.25) is 0 Å². The van der Waals surface area contributed by atoms with E-state index in [2.05, 4.69) is 0 Å². The van der Waals surface area contributed by atoms with E-state index < -0.39 is 8.67 Å². The summed E-state index contributed by atoms with van der Waals surface area (Å²) in [6.07, 6.45) is 1.65. The van der Waals surface area contributed by atoms with Gasteiger partial charge in [-0.2, -0.15) is 0 Å². The molecule has 2 atom stereocenters. The minimum atomic E-state index is -0.539. The molecule has 76 valence electrons. The Morgan fingerprint density at radius 3 is 1.46 bits per heavy atom. The van der Waals surface area contributed by atoms with Gasteiger partial charge in [0.15, 0.2) is 0 Å². The Morgan fingerprint density at radius 1 is 0.923 bits per heavy atom. The van der Waals surface area contributed by atoms with E-state index >= 15 is 0 Å². The van der Waals surface area contributed by atoms with Crippen molar-refractivity contribution in [2.45, 2.75) is 21.5 Å². The van der Waals surface area contributed by atoms with Crippen molar-refractivity contribution in [2.75, 3.05) is 13.2 Å². The third-order valence-corrected chi connectivity index (χ3v) is 4.40. The zero-order valence-electron chi connectivity index (χ0n) is 6.90. The second-order valence-electron chi connectivity index (χ2n) is 3.86. The van der Waals surface area contributed by atoms with E-state index in [9.17, 15) is 0 Å². The second-order valence-corrected chi connectivity index (χ2v) is 6.95. The highest BCUT2D eigenvalue weighted by molar-refractivity contribution is 6.51. The van der Waals surface area contributed by atoms with E-state index in [0.717, 1.165) is 12.8 Å². The van der Waals surface area contributed by atoms with Crippen molar-refractivity contribution < 1.29 is 4.74 Å². The molecule has 2 rings (SSSR count). The van der Waals surface area contributed by atoms with Crippen molar-refractivity contribution >= 4 is 46.4 Å². The van der Waals surface area contributed by atoms with E-state index in [4.69, 9.17) is 51.1 Å². The first kappa shape index (κ1) is 10.6. The van der Waals surface area contributed by atoms with E-state index in [-0.39, 0.29) is 11.8 Å². The summed E-state index contributed by atoms with van der Waals surface area (Å²) in [5.41, 5.74) is 0. The lowest BCUT2D eigenvalue weighted by atomic mass is 10.4. The molecule has 2 aliphatic rings. The lowest BCUT2D eigenvalue weighted by molar-refractivity contribution is 0.114. The molecule has 0 aromatic heterocycles. The maximum absolute atomic E-state index is 5.83. The van der Waals surface area contributed by atoms with Gasteiger partial charge >= 0.3 is 0 Å². The summed E-state index contributed by atoms with van der Waals surface area (Å²) in [5.74, 6) is 0.573. The molecule has 1 nitrogen and oxygen atoms in total. The fourth-order valence-electron chi connectivity index (χ4n) is 1.25. The fourth-order valence-corrected chi connectivity index (χ4v) is 2.25. The van der Waals surface area contributed by atoms with E-state index in [0.29, 0.717) is 13.2 Å². The van der Waals surface area contributed by atoms with Crippen LogP contribution >= 0.6 is 46.4 Å². The predicted molar refractivity (Wildman–Crippen MR) is 55.9 cm³/mol. The Morgan fingerprint density at radius 2 is 1.23 bits per heavy atom. The van der Waals surface area contributed by atoms with Gasteiger partial charge < -0.3 is 4.74 Å². The molecule has 0 spiro atoms. The highest BCUT2D eigenvalue weighted by Crippen LogP contribution is 2.55. The summed E-state index contributed by atoms with van der Waals surface area (Å²) in [6, 6.07) is 0. The highest BCUT2D eigenvalue weighted by Gasteiger charge is 2.53. The van der Waals surface area contributed by atoms with Crippen LogP contribution < -0.4 is 0 Å². The zero-order valence-corrected chi connectivity index (χ0v) is 9.93. The van der Waals surface area contributed by atoms with Gasteiger partial charge in [-0.15, -0.1) is 46.4 Å². The van der Waals surface area contributed by atoms with Crippen LogP contribution in [0.1, 0.15) is 12.8 Å². The van der Waals surface area contributed by atoms with Gasteiger partial charge in [-0.25, -0.2) is 0 Å². The molecular weight excluding hydrogens is 254 g/mol. The molecule has 0 N–H and O–H groups in total. The molecule has 0 heterocycles. The lowest BCUT2D eigenvalue weighted by Gasteiger charge is -2.03. The molecule has 0 bridgehead atoms. The molecule has 13 heavy (non-hydrogen) atoms. The Hall–Kier alpha value is 1.12. The highest BCUT2D eigenvalue weighted by atomic mass is 35.5. The Bertz CT molecular complexity index is 194. The number of ether oxygens (including phenoxy) is 1. The summed E-state index contributed by atoms with van der Waals surface area (Å²) in [7, 11) is 0. The molecule has 5 heteroatoms. The zero-order chi connectivity index (χ0) is 9.69. The van der Waals surface area contributed by atoms with Gasteiger partial charge in [-0.1, -0.05) is 0 Å². The van der Waals surface area contributed by atoms with Crippen molar-refractivity contribution in [3.05, 3.63) is 0 Å². The van der Waals surface area contributed by atoms with Crippen LogP contribution in [-0.4, -0.2) is 21.9 Å². The molecule has 2 unspecified atom stereocenters. The largest absolute Gasteiger partial charge is 0.381 e. The average molecular weight is 264 g/mol. The van der Waals surface area contributed by atoms with Gasteiger partial charge in [0.1, 0.15) is 8.67 Å².